The van der Waals surface area contributed by atoms with Gasteiger partial charge in [0.1, 0.15) is 0 Å². The number of piperazine rings is 1. The first kappa shape index (κ1) is 15.9. The maximum absolute atomic E-state index is 5.18. The summed E-state index contributed by atoms with van der Waals surface area (Å²) in [6, 6.07) is 0. The average molecular weight is 256 g/mol. The summed E-state index contributed by atoms with van der Waals surface area (Å²) in [5.74, 6) is 0.863. The molecule has 1 aliphatic rings. The molecule has 0 amide bonds. The van der Waals surface area contributed by atoms with Crippen LogP contribution in [0.3, 0.4) is 0 Å². The van der Waals surface area contributed by atoms with Crippen LogP contribution in [0.15, 0.2) is 0 Å². The van der Waals surface area contributed by atoms with Gasteiger partial charge in [0.2, 0.25) is 0 Å². The van der Waals surface area contributed by atoms with Crippen molar-refractivity contribution in [2.24, 2.45) is 5.92 Å². The minimum absolute atomic E-state index is 0.863. The molecule has 0 aromatic heterocycles. The van der Waals surface area contributed by atoms with E-state index in [0.717, 1.165) is 12.5 Å². The van der Waals surface area contributed by atoms with Gasteiger partial charge >= 0.3 is 0 Å². The Morgan fingerprint density at radius 1 is 1.00 bits per heavy atom. The van der Waals surface area contributed by atoms with Gasteiger partial charge in [0.25, 0.3) is 0 Å². The van der Waals surface area contributed by atoms with Crippen molar-refractivity contribution in [3.05, 3.63) is 0 Å². The molecule has 0 aliphatic carbocycles. The number of ether oxygens (including phenoxy) is 1. The monoisotopic (exact) mass is 256 g/mol. The van der Waals surface area contributed by atoms with Crippen LogP contribution in [0, 0.1) is 5.92 Å². The van der Waals surface area contributed by atoms with Crippen molar-refractivity contribution < 1.29 is 4.74 Å². The summed E-state index contributed by atoms with van der Waals surface area (Å²) in [7, 11) is 1.81. The number of likely N-dealkylation sites (N-methyl/N-ethyl adjacent to an activating group) is 1. The second-order valence-corrected chi connectivity index (χ2v) is 5.47. The van der Waals surface area contributed by atoms with Crippen molar-refractivity contribution in [1.29, 1.82) is 0 Å². The molecular formula is C15H32N2O. The molecule has 3 nitrogen and oxygen atoms in total. The van der Waals surface area contributed by atoms with Gasteiger partial charge in [-0.05, 0) is 38.3 Å². The van der Waals surface area contributed by atoms with Gasteiger partial charge in [0.15, 0.2) is 0 Å². The van der Waals surface area contributed by atoms with Crippen molar-refractivity contribution in [2.75, 3.05) is 53.0 Å². The molecule has 0 radical (unpaired) electrons. The average Bonchev–Trinajstić information content (AvgIpc) is 2.43. The molecule has 0 bridgehead atoms. The van der Waals surface area contributed by atoms with Crippen molar-refractivity contribution in [1.82, 2.24) is 9.80 Å². The fraction of sp³-hybridized carbons (Fsp3) is 1.00. The highest BCUT2D eigenvalue weighted by Crippen LogP contribution is 2.16. The Bertz CT molecular complexity index is 191. The standard InChI is InChI=1S/C15H32N2O/c1-4-15(8-14-18-3)7-6-9-17-12-10-16(5-2)11-13-17/h15H,4-14H2,1-3H3/t15-/m1/s1. The third kappa shape index (κ3) is 6.17. The van der Waals surface area contributed by atoms with Gasteiger partial charge in [-0.3, -0.25) is 0 Å². The predicted octanol–water partition coefficient (Wildman–Crippen LogP) is 2.47. The summed E-state index contributed by atoms with van der Waals surface area (Å²) < 4.78 is 5.18. The summed E-state index contributed by atoms with van der Waals surface area (Å²) in [6.45, 7) is 13.1. The molecule has 1 fully saturated rings. The predicted molar refractivity (Wildman–Crippen MR) is 78.1 cm³/mol. The first-order valence-electron chi connectivity index (χ1n) is 7.73. The summed E-state index contributed by atoms with van der Waals surface area (Å²) in [6.07, 6.45) is 5.26. The fourth-order valence-corrected chi connectivity index (χ4v) is 2.77. The van der Waals surface area contributed by atoms with E-state index in [1.54, 1.807) is 7.11 Å². The minimum atomic E-state index is 0.863. The molecule has 18 heavy (non-hydrogen) atoms. The molecule has 0 unspecified atom stereocenters. The third-order valence-electron chi connectivity index (χ3n) is 4.31. The van der Waals surface area contributed by atoms with E-state index in [4.69, 9.17) is 4.74 Å². The van der Waals surface area contributed by atoms with Crippen molar-refractivity contribution in [3.8, 4) is 0 Å². The zero-order valence-corrected chi connectivity index (χ0v) is 12.7. The Morgan fingerprint density at radius 2 is 1.67 bits per heavy atom. The molecule has 3 heteroatoms. The van der Waals surface area contributed by atoms with Crippen molar-refractivity contribution >= 4 is 0 Å². The van der Waals surface area contributed by atoms with E-state index in [1.165, 1.54) is 65.0 Å². The highest BCUT2D eigenvalue weighted by Gasteiger charge is 2.15. The molecule has 108 valence electrons. The van der Waals surface area contributed by atoms with Gasteiger partial charge in [-0.1, -0.05) is 20.3 Å². The Kier molecular flexibility index (Phi) is 8.64. The Balaban J connectivity index is 2.06. The molecule has 1 heterocycles. The van der Waals surface area contributed by atoms with E-state index >= 15 is 0 Å². The fourth-order valence-electron chi connectivity index (χ4n) is 2.77. The van der Waals surface area contributed by atoms with E-state index in [1.807, 2.05) is 0 Å². The first-order valence-corrected chi connectivity index (χ1v) is 7.73. The second-order valence-electron chi connectivity index (χ2n) is 5.47. The van der Waals surface area contributed by atoms with Gasteiger partial charge in [0, 0.05) is 39.9 Å². The van der Waals surface area contributed by atoms with Gasteiger partial charge in [-0.2, -0.15) is 0 Å². The van der Waals surface area contributed by atoms with Gasteiger partial charge < -0.3 is 14.5 Å². The topological polar surface area (TPSA) is 15.7 Å². The summed E-state index contributed by atoms with van der Waals surface area (Å²) in [5.41, 5.74) is 0. The number of methoxy groups -OCH3 is 1. The van der Waals surface area contributed by atoms with Gasteiger partial charge in [-0.25, -0.2) is 0 Å². The molecule has 0 aromatic carbocycles. The second kappa shape index (κ2) is 9.76. The van der Waals surface area contributed by atoms with E-state index in [-0.39, 0.29) is 0 Å². The lowest BCUT2D eigenvalue weighted by Crippen LogP contribution is -2.46. The SMILES string of the molecule is CC[C@H](CCCN1CCN(CC)CC1)CCOC. The number of hydrogen-bond acceptors (Lipinski definition) is 3. The first-order chi connectivity index (χ1) is 8.80. The molecule has 0 aromatic rings. The maximum atomic E-state index is 5.18. The van der Waals surface area contributed by atoms with Crippen LogP contribution in [-0.4, -0.2) is 62.8 Å². The Labute approximate surface area is 113 Å². The van der Waals surface area contributed by atoms with Crippen LogP contribution >= 0.6 is 0 Å². The van der Waals surface area contributed by atoms with Gasteiger partial charge in [-0.15, -0.1) is 0 Å². The molecule has 0 saturated carbocycles. The zero-order valence-electron chi connectivity index (χ0n) is 12.7. The van der Waals surface area contributed by atoms with Crippen LogP contribution in [0.5, 0.6) is 0 Å². The molecule has 1 atom stereocenters. The molecule has 0 N–H and O–H groups in total. The van der Waals surface area contributed by atoms with Crippen LogP contribution in [-0.2, 0) is 4.74 Å². The largest absolute Gasteiger partial charge is 0.385 e. The van der Waals surface area contributed by atoms with Crippen LogP contribution < -0.4 is 0 Å². The quantitative estimate of drug-likeness (QED) is 0.630. The van der Waals surface area contributed by atoms with E-state index in [0.29, 0.717) is 0 Å². The Hall–Kier alpha value is -0.120. The lowest BCUT2D eigenvalue weighted by Gasteiger charge is -2.34. The Morgan fingerprint density at radius 3 is 2.22 bits per heavy atom. The summed E-state index contributed by atoms with van der Waals surface area (Å²) in [5, 5.41) is 0. The van der Waals surface area contributed by atoms with Gasteiger partial charge in [0.05, 0.1) is 0 Å². The summed E-state index contributed by atoms with van der Waals surface area (Å²) in [4.78, 5) is 5.18. The van der Waals surface area contributed by atoms with E-state index < -0.39 is 0 Å². The van der Waals surface area contributed by atoms with Crippen LogP contribution in [0.2, 0.25) is 0 Å². The third-order valence-corrected chi connectivity index (χ3v) is 4.31. The number of nitrogens with zero attached hydrogens (tertiary/aromatic N) is 2. The minimum Gasteiger partial charge on any atom is -0.385 e. The molecule has 0 spiro atoms. The van der Waals surface area contributed by atoms with Crippen LogP contribution in [0.25, 0.3) is 0 Å². The highest BCUT2D eigenvalue weighted by molar-refractivity contribution is 4.71. The molecule has 1 saturated heterocycles. The van der Waals surface area contributed by atoms with E-state index in [9.17, 15) is 0 Å². The summed E-state index contributed by atoms with van der Waals surface area (Å²) >= 11 is 0. The lowest BCUT2D eigenvalue weighted by molar-refractivity contribution is 0.131. The normalized spacial score (nSPS) is 20.2. The van der Waals surface area contributed by atoms with Crippen LogP contribution in [0.4, 0.5) is 0 Å². The molecular weight excluding hydrogens is 224 g/mol. The van der Waals surface area contributed by atoms with Crippen molar-refractivity contribution in [2.45, 2.75) is 39.5 Å². The molecule has 1 rings (SSSR count). The van der Waals surface area contributed by atoms with E-state index in [2.05, 4.69) is 23.6 Å². The molecule has 1 aliphatic heterocycles. The number of rotatable bonds is 9. The highest BCUT2D eigenvalue weighted by atomic mass is 16.5. The maximum Gasteiger partial charge on any atom is 0.0464 e. The number of hydrogen-bond donors (Lipinski definition) is 0. The van der Waals surface area contributed by atoms with Crippen molar-refractivity contribution in [3.63, 3.8) is 0 Å². The lowest BCUT2D eigenvalue weighted by atomic mass is 9.97. The van der Waals surface area contributed by atoms with Crippen LogP contribution in [0.1, 0.15) is 39.5 Å². The smallest absolute Gasteiger partial charge is 0.0464 e. The zero-order chi connectivity index (χ0) is 13.2.